The maximum Gasteiger partial charge on any atom is 0.188 e. The highest BCUT2D eigenvalue weighted by Crippen LogP contribution is 2.45. The van der Waals surface area contributed by atoms with Crippen molar-refractivity contribution in [2.24, 2.45) is 5.73 Å². The summed E-state index contributed by atoms with van der Waals surface area (Å²) in [5.41, 5.74) is 6.71. The quantitative estimate of drug-likeness (QED) is 0.644. The van der Waals surface area contributed by atoms with Crippen molar-refractivity contribution in [3.63, 3.8) is 0 Å². The van der Waals surface area contributed by atoms with E-state index in [1.807, 2.05) is 4.90 Å². The van der Waals surface area contributed by atoms with Gasteiger partial charge in [-0.3, -0.25) is 0 Å². The van der Waals surface area contributed by atoms with Crippen molar-refractivity contribution < 1.29 is 14.6 Å². The topological polar surface area (TPSA) is 80.0 Å². The van der Waals surface area contributed by atoms with Crippen molar-refractivity contribution in [2.75, 3.05) is 37.7 Å². The summed E-state index contributed by atoms with van der Waals surface area (Å²) in [6, 6.07) is 3.35. The third-order valence-electron chi connectivity index (χ3n) is 3.23. The molecule has 0 amide bonds. The van der Waals surface area contributed by atoms with Crippen LogP contribution in [-0.2, 0) is 0 Å². The van der Waals surface area contributed by atoms with Crippen LogP contribution in [0.15, 0.2) is 12.1 Å². The first-order chi connectivity index (χ1) is 8.77. The molecule has 2 aliphatic heterocycles. The van der Waals surface area contributed by atoms with Gasteiger partial charge < -0.3 is 30.5 Å². The van der Waals surface area contributed by atoms with Crippen LogP contribution in [0.3, 0.4) is 0 Å². The second-order valence-electron chi connectivity index (χ2n) is 4.42. The molecule has 1 saturated heterocycles. The molecule has 98 valence electrons. The number of hydrogen-bond acceptors (Lipinski definition) is 6. The van der Waals surface area contributed by atoms with E-state index in [-0.39, 0.29) is 11.9 Å². The van der Waals surface area contributed by atoms with Gasteiger partial charge in [-0.2, -0.15) is 0 Å². The zero-order chi connectivity index (χ0) is 12.5. The van der Waals surface area contributed by atoms with Crippen LogP contribution in [-0.4, -0.2) is 44.1 Å². The van der Waals surface area contributed by atoms with E-state index < -0.39 is 0 Å². The first-order valence-electron chi connectivity index (χ1n) is 6.12. The Hall–Kier alpha value is -1.66. The molecule has 0 radical (unpaired) electrons. The molecule has 1 aromatic carbocycles. The number of nitrogens with two attached hydrogens (primary N) is 1. The lowest BCUT2D eigenvalue weighted by Crippen LogP contribution is -2.56. The monoisotopic (exact) mass is 251 g/mol. The first-order valence-corrected chi connectivity index (χ1v) is 6.12. The molecule has 0 aliphatic carbocycles. The van der Waals surface area contributed by atoms with Gasteiger partial charge in [0.15, 0.2) is 11.5 Å². The van der Waals surface area contributed by atoms with Crippen LogP contribution in [0.25, 0.3) is 0 Å². The molecule has 0 bridgehead atoms. The third kappa shape index (κ3) is 1.83. The number of nitrogens with zero attached hydrogens (tertiary/aromatic N) is 1. The van der Waals surface area contributed by atoms with Crippen molar-refractivity contribution in [1.82, 2.24) is 5.32 Å². The minimum Gasteiger partial charge on any atom is -0.506 e. The molecule has 6 nitrogen and oxygen atoms in total. The third-order valence-corrected chi connectivity index (χ3v) is 3.23. The fourth-order valence-corrected chi connectivity index (χ4v) is 2.37. The SMILES string of the molecule is NC1CNCCN1c1c(O)ccc2c1OCCO2. The molecule has 1 aromatic rings. The number of phenolic OH excluding ortho intramolecular Hbond substituents is 1. The second-order valence-corrected chi connectivity index (χ2v) is 4.42. The summed E-state index contributed by atoms with van der Waals surface area (Å²) >= 11 is 0. The Morgan fingerprint density at radius 2 is 2.17 bits per heavy atom. The molecule has 0 saturated carbocycles. The Morgan fingerprint density at radius 1 is 1.33 bits per heavy atom. The predicted molar refractivity (Wildman–Crippen MR) is 67.3 cm³/mol. The van der Waals surface area contributed by atoms with Gasteiger partial charge in [-0.15, -0.1) is 0 Å². The lowest BCUT2D eigenvalue weighted by Gasteiger charge is -2.37. The van der Waals surface area contributed by atoms with E-state index in [1.54, 1.807) is 12.1 Å². The smallest absolute Gasteiger partial charge is 0.188 e. The highest BCUT2D eigenvalue weighted by atomic mass is 16.6. The van der Waals surface area contributed by atoms with Gasteiger partial charge in [-0.05, 0) is 12.1 Å². The van der Waals surface area contributed by atoms with Crippen molar-refractivity contribution in [1.29, 1.82) is 0 Å². The van der Waals surface area contributed by atoms with E-state index in [2.05, 4.69) is 5.32 Å². The molecule has 1 fully saturated rings. The van der Waals surface area contributed by atoms with Gasteiger partial charge in [0.2, 0.25) is 0 Å². The summed E-state index contributed by atoms with van der Waals surface area (Å²) in [6.07, 6.45) is -0.179. The second kappa shape index (κ2) is 4.55. The zero-order valence-electron chi connectivity index (χ0n) is 10.1. The Labute approximate surface area is 105 Å². The fraction of sp³-hybridized carbons (Fsp3) is 0.500. The molecule has 3 rings (SSSR count). The van der Waals surface area contributed by atoms with E-state index in [4.69, 9.17) is 15.2 Å². The number of rotatable bonds is 1. The maximum atomic E-state index is 10.1. The van der Waals surface area contributed by atoms with E-state index in [1.165, 1.54) is 0 Å². The Kier molecular flexibility index (Phi) is 2.89. The summed E-state index contributed by atoms with van der Waals surface area (Å²) in [7, 11) is 0. The Balaban J connectivity index is 2.04. The van der Waals surface area contributed by atoms with E-state index >= 15 is 0 Å². The molecule has 18 heavy (non-hydrogen) atoms. The zero-order valence-corrected chi connectivity index (χ0v) is 10.1. The van der Waals surface area contributed by atoms with Crippen LogP contribution in [0, 0.1) is 0 Å². The number of ether oxygens (including phenoxy) is 2. The standard InChI is InChI=1S/C12H17N3O3/c13-10-7-14-3-4-15(10)11-8(16)1-2-9-12(11)18-6-5-17-9/h1-2,10,14,16H,3-7,13H2. The minimum absolute atomic E-state index is 0.177. The van der Waals surface area contributed by atoms with Crippen molar-refractivity contribution >= 4 is 5.69 Å². The van der Waals surface area contributed by atoms with Gasteiger partial charge in [0, 0.05) is 19.6 Å². The molecule has 1 atom stereocenters. The number of fused-ring (bicyclic) bond motifs is 1. The van der Waals surface area contributed by atoms with Crippen LogP contribution in [0.5, 0.6) is 17.2 Å². The average Bonchev–Trinajstić information content (AvgIpc) is 2.40. The van der Waals surface area contributed by atoms with Crippen LogP contribution >= 0.6 is 0 Å². The number of aromatic hydroxyl groups is 1. The van der Waals surface area contributed by atoms with Gasteiger partial charge in [-0.25, -0.2) is 0 Å². The number of nitrogens with one attached hydrogen (secondary N) is 1. The van der Waals surface area contributed by atoms with E-state index in [0.29, 0.717) is 36.9 Å². The van der Waals surface area contributed by atoms with Crippen LogP contribution in [0.1, 0.15) is 0 Å². The molecule has 2 heterocycles. The molecular formula is C12H17N3O3. The molecule has 0 spiro atoms. The van der Waals surface area contributed by atoms with Gasteiger partial charge in [0.25, 0.3) is 0 Å². The summed E-state index contributed by atoms with van der Waals surface area (Å²) in [5, 5.41) is 13.3. The summed E-state index contributed by atoms with van der Waals surface area (Å²) in [5.74, 6) is 1.44. The highest BCUT2D eigenvalue weighted by Gasteiger charge is 2.28. The lowest BCUT2D eigenvalue weighted by molar-refractivity contribution is 0.171. The number of hydrogen-bond donors (Lipinski definition) is 3. The lowest BCUT2D eigenvalue weighted by atomic mass is 10.2. The molecule has 0 aromatic heterocycles. The first kappa shape index (κ1) is 11.4. The van der Waals surface area contributed by atoms with Crippen LogP contribution < -0.4 is 25.4 Å². The van der Waals surface area contributed by atoms with Crippen molar-refractivity contribution in [3.05, 3.63) is 12.1 Å². The van der Waals surface area contributed by atoms with Gasteiger partial charge in [0.1, 0.15) is 24.7 Å². The molecular weight excluding hydrogens is 234 g/mol. The van der Waals surface area contributed by atoms with Crippen LogP contribution in [0.2, 0.25) is 0 Å². The Bertz CT molecular complexity index is 452. The average molecular weight is 251 g/mol. The van der Waals surface area contributed by atoms with Crippen molar-refractivity contribution in [3.8, 4) is 17.2 Å². The summed E-state index contributed by atoms with van der Waals surface area (Å²) < 4.78 is 11.2. The molecule has 1 unspecified atom stereocenters. The largest absolute Gasteiger partial charge is 0.506 e. The molecule has 4 N–H and O–H groups in total. The predicted octanol–water partition coefficient (Wildman–Crippen LogP) is -0.142. The number of piperazine rings is 1. The van der Waals surface area contributed by atoms with E-state index in [0.717, 1.165) is 13.1 Å². The maximum absolute atomic E-state index is 10.1. The van der Waals surface area contributed by atoms with E-state index in [9.17, 15) is 5.11 Å². The van der Waals surface area contributed by atoms with Crippen LogP contribution in [0.4, 0.5) is 5.69 Å². The molecule has 6 heteroatoms. The number of phenols is 1. The minimum atomic E-state index is -0.179. The van der Waals surface area contributed by atoms with Crippen molar-refractivity contribution in [2.45, 2.75) is 6.17 Å². The van der Waals surface area contributed by atoms with Gasteiger partial charge in [0.05, 0.1) is 6.17 Å². The number of benzene rings is 1. The Morgan fingerprint density at radius 3 is 3.00 bits per heavy atom. The molecule has 2 aliphatic rings. The van der Waals surface area contributed by atoms with Gasteiger partial charge >= 0.3 is 0 Å². The normalized spacial score (nSPS) is 22.9. The summed E-state index contributed by atoms with van der Waals surface area (Å²) in [6.45, 7) is 3.27. The van der Waals surface area contributed by atoms with Gasteiger partial charge in [-0.1, -0.05) is 0 Å². The highest BCUT2D eigenvalue weighted by molar-refractivity contribution is 5.73. The number of anilines is 1. The summed E-state index contributed by atoms with van der Waals surface area (Å²) in [4.78, 5) is 1.96. The fourth-order valence-electron chi connectivity index (χ4n) is 2.37.